The lowest BCUT2D eigenvalue weighted by Gasteiger charge is -2.02. The van der Waals surface area contributed by atoms with Crippen molar-refractivity contribution in [3.63, 3.8) is 0 Å². The van der Waals surface area contributed by atoms with Gasteiger partial charge in [0, 0.05) is 17.8 Å². The van der Waals surface area contributed by atoms with E-state index >= 15 is 0 Å². The molecule has 3 N–H and O–H groups in total. The van der Waals surface area contributed by atoms with Gasteiger partial charge in [0.15, 0.2) is 11.3 Å². The van der Waals surface area contributed by atoms with Crippen molar-refractivity contribution in [2.24, 2.45) is 7.05 Å². The number of aromatic nitrogens is 2. The molecular formula is C10H14N3O+. The van der Waals surface area contributed by atoms with Crippen LogP contribution in [0.5, 0.6) is 5.75 Å². The maximum absolute atomic E-state index is 5.78. The largest absolute Gasteiger partial charge is 0.489 e. The standard InChI is InChI=1S/C10H13N3O/c1-3-14-9-5-7(11)4-8-10(9)12-6-13(8)2/h4-6H,3,11H2,1-2H3/p+1. The van der Waals surface area contributed by atoms with Gasteiger partial charge in [0.2, 0.25) is 11.8 Å². The van der Waals surface area contributed by atoms with Crippen LogP contribution in [0.25, 0.3) is 11.0 Å². The summed E-state index contributed by atoms with van der Waals surface area (Å²) in [5.41, 5.74) is 8.53. The molecule has 2 rings (SSSR count). The third kappa shape index (κ3) is 1.28. The summed E-state index contributed by atoms with van der Waals surface area (Å²) in [5, 5.41) is 0. The Morgan fingerprint density at radius 2 is 2.29 bits per heavy atom. The number of benzene rings is 1. The highest BCUT2D eigenvalue weighted by Crippen LogP contribution is 2.25. The van der Waals surface area contributed by atoms with Gasteiger partial charge in [0.25, 0.3) is 0 Å². The molecule has 0 aliphatic carbocycles. The van der Waals surface area contributed by atoms with E-state index in [0.29, 0.717) is 6.61 Å². The highest BCUT2D eigenvalue weighted by molar-refractivity contribution is 5.82. The molecule has 1 aromatic heterocycles. The number of nitrogen functional groups attached to an aromatic ring is 1. The number of nitrogens with two attached hydrogens (primary N) is 1. The SMILES string of the molecule is CCOc1cc(N)cc2c1[nH]c[n+]2C. The summed E-state index contributed by atoms with van der Waals surface area (Å²) < 4.78 is 7.47. The number of ether oxygens (including phenoxy) is 1. The molecule has 0 unspecified atom stereocenters. The summed E-state index contributed by atoms with van der Waals surface area (Å²) in [6.45, 7) is 2.60. The van der Waals surface area contributed by atoms with Crippen molar-refractivity contribution < 1.29 is 9.30 Å². The van der Waals surface area contributed by atoms with E-state index in [2.05, 4.69) is 4.98 Å². The third-order valence-corrected chi connectivity index (χ3v) is 2.19. The molecule has 1 heterocycles. The second-order valence-corrected chi connectivity index (χ2v) is 3.23. The van der Waals surface area contributed by atoms with E-state index in [1.165, 1.54) is 0 Å². The van der Waals surface area contributed by atoms with Crippen LogP contribution < -0.4 is 15.0 Å². The van der Waals surface area contributed by atoms with Crippen LogP contribution >= 0.6 is 0 Å². The Morgan fingerprint density at radius 1 is 1.50 bits per heavy atom. The average Bonchev–Trinajstić information content (AvgIpc) is 2.49. The summed E-state index contributed by atoms with van der Waals surface area (Å²) in [6, 6.07) is 3.76. The monoisotopic (exact) mass is 192 g/mol. The van der Waals surface area contributed by atoms with Crippen molar-refractivity contribution in [3.05, 3.63) is 18.5 Å². The molecule has 0 aliphatic heterocycles. The lowest BCUT2D eigenvalue weighted by molar-refractivity contribution is -0.644. The van der Waals surface area contributed by atoms with Crippen molar-refractivity contribution in [1.82, 2.24) is 4.98 Å². The number of aromatic amines is 1. The predicted octanol–water partition coefficient (Wildman–Crippen LogP) is 0.973. The smallest absolute Gasteiger partial charge is 0.242 e. The molecule has 0 radical (unpaired) electrons. The van der Waals surface area contributed by atoms with Gasteiger partial charge in [-0.3, -0.25) is 0 Å². The Morgan fingerprint density at radius 3 is 3.00 bits per heavy atom. The highest BCUT2D eigenvalue weighted by Gasteiger charge is 2.12. The molecule has 0 amide bonds. The van der Waals surface area contributed by atoms with Crippen molar-refractivity contribution in [1.29, 1.82) is 0 Å². The first-order valence-corrected chi connectivity index (χ1v) is 4.61. The minimum atomic E-state index is 0.640. The predicted molar refractivity (Wildman–Crippen MR) is 55.1 cm³/mol. The maximum atomic E-state index is 5.78. The summed E-state index contributed by atoms with van der Waals surface area (Å²) in [4.78, 5) is 3.15. The van der Waals surface area contributed by atoms with E-state index < -0.39 is 0 Å². The molecule has 0 atom stereocenters. The van der Waals surface area contributed by atoms with Crippen LogP contribution in [0.2, 0.25) is 0 Å². The first-order valence-electron chi connectivity index (χ1n) is 4.61. The number of imidazole rings is 1. The zero-order valence-electron chi connectivity index (χ0n) is 8.37. The molecule has 4 nitrogen and oxygen atoms in total. The van der Waals surface area contributed by atoms with E-state index in [0.717, 1.165) is 22.5 Å². The van der Waals surface area contributed by atoms with Crippen LogP contribution in [-0.4, -0.2) is 11.6 Å². The molecule has 0 saturated heterocycles. The van der Waals surface area contributed by atoms with Crippen molar-refractivity contribution >= 4 is 16.7 Å². The lowest BCUT2D eigenvalue weighted by Crippen LogP contribution is -2.24. The molecule has 0 bridgehead atoms. The van der Waals surface area contributed by atoms with Gasteiger partial charge in [-0.1, -0.05) is 0 Å². The van der Waals surface area contributed by atoms with Gasteiger partial charge in [0.1, 0.15) is 0 Å². The number of rotatable bonds is 2. The second-order valence-electron chi connectivity index (χ2n) is 3.23. The van der Waals surface area contributed by atoms with E-state index in [4.69, 9.17) is 10.5 Å². The zero-order valence-corrected chi connectivity index (χ0v) is 8.37. The Hall–Kier alpha value is -1.71. The number of anilines is 1. The number of fused-ring (bicyclic) bond motifs is 1. The molecule has 0 spiro atoms. The van der Waals surface area contributed by atoms with Crippen LogP contribution in [0.3, 0.4) is 0 Å². The van der Waals surface area contributed by atoms with Gasteiger partial charge in [-0.25, -0.2) is 9.55 Å². The van der Waals surface area contributed by atoms with Gasteiger partial charge in [-0.05, 0) is 6.92 Å². The van der Waals surface area contributed by atoms with Crippen molar-refractivity contribution in [2.75, 3.05) is 12.3 Å². The lowest BCUT2D eigenvalue weighted by atomic mass is 10.2. The van der Waals surface area contributed by atoms with Gasteiger partial charge in [-0.15, -0.1) is 0 Å². The molecule has 2 aromatic rings. The molecular weight excluding hydrogens is 178 g/mol. The molecule has 14 heavy (non-hydrogen) atoms. The van der Waals surface area contributed by atoms with Crippen LogP contribution in [0.1, 0.15) is 6.92 Å². The van der Waals surface area contributed by atoms with Crippen LogP contribution in [-0.2, 0) is 7.05 Å². The Bertz CT molecular complexity index is 462. The molecule has 0 aliphatic rings. The van der Waals surface area contributed by atoms with Crippen molar-refractivity contribution in [3.8, 4) is 5.75 Å². The highest BCUT2D eigenvalue weighted by atomic mass is 16.5. The van der Waals surface area contributed by atoms with E-state index in [9.17, 15) is 0 Å². The number of nitrogens with one attached hydrogen (secondary N) is 1. The van der Waals surface area contributed by atoms with Crippen LogP contribution in [0, 0.1) is 0 Å². The van der Waals surface area contributed by atoms with Gasteiger partial charge >= 0.3 is 0 Å². The van der Waals surface area contributed by atoms with Gasteiger partial charge < -0.3 is 10.5 Å². The molecule has 0 saturated carbocycles. The van der Waals surface area contributed by atoms with Crippen LogP contribution in [0.15, 0.2) is 18.5 Å². The average molecular weight is 192 g/mol. The molecule has 4 heteroatoms. The summed E-state index contributed by atoms with van der Waals surface area (Å²) >= 11 is 0. The minimum absolute atomic E-state index is 0.640. The zero-order chi connectivity index (χ0) is 10.1. The van der Waals surface area contributed by atoms with Gasteiger partial charge in [0.05, 0.1) is 13.7 Å². The first-order chi connectivity index (χ1) is 6.72. The fraction of sp³-hybridized carbons (Fsp3) is 0.300. The molecule has 74 valence electrons. The Balaban J connectivity index is 2.68. The molecule has 0 fully saturated rings. The Kier molecular flexibility index (Phi) is 2.04. The minimum Gasteiger partial charge on any atom is -0.489 e. The Labute approximate surface area is 82.3 Å². The fourth-order valence-corrected chi connectivity index (χ4v) is 1.54. The number of aryl methyl sites for hydroxylation is 1. The van der Waals surface area contributed by atoms with Gasteiger partial charge in [-0.2, -0.15) is 0 Å². The first kappa shape index (κ1) is 8.87. The van der Waals surface area contributed by atoms with Crippen LogP contribution in [0.4, 0.5) is 5.69 Å². The summed E-state index contributed by atoms with van der Waals surface area (Å²) in [5.74, 6) is 0.808. The fourth-order valence-electron chi connectivity index (χ4n) is 1.54. The number of hydrogen-bond acceptors (Lipinski definition) is 2. The number of nitrogens with zero attached hydrogens (tertiary/aromatic N) is 1. The third-order valence-electron chi connectivity index (χ3n) is 2.19. The summed E-state index contributed by atoms with van der Waals surface area (Å²) in [7, 11) is 1.97. The molecule has 1 aromatic carbocycles. The number of H-pyrrole nitrogens is 1. The van der Waals surface area contributed by atoms with E-state index in [1.807, 2.05) is 37.0 Å². The summed E-state index contributed by atoms with van der Waals surface area (Å²) in [6.07, 6.45) is 1.88. The van der Waals surface area contributed by atoms with E-state index in [-0.39, 0.29) is 0 Å². The quantitative estimate of drug-likeness (QED) is 0.550. The maximum Gasteiger partial charge on any atom is 0.242 e. The number of hydrogen-bond donors (Lipinski definition) is 2. The second kappa shape index (κ2) is 3.21. The van der Waals surface area contributed by atoms with Crippen molar-refractivity contribution in [2.45, 2.75) is 6.92 Å². The van der Waals surface area contributed by atoms with E-state index in [1.54, 1.807) is 0 Å². The normalized spacial score (nSPS) is 10.7. The topological polar surface area (TPSA) is 54.9 Å².